The number of benzene rings is 1. The fourth-order valence-corrected chi connectivity index (χ4v) is 5.62. The molecule has 0 bridgehead atoms. The average Bonchev–Trinajstić information content (AvgIpc) is 3.56. The SMILES string of the molecule is CC(C)n1cnnc1-c1cccc(NC(=O)c2cc3c(cc2F)CN(C(=O)N2CC(F)(F)C2)Cc2c(C4CC4)ncn2-3)n1. The van der Waals surface area contributed by atoms with E-state index in [9.17, 15) is 18.4 Å². The zero-order valence-electron chi connectivity index (χ0n) is 23.5. The summed E-state index contributed by atoms with van der Waals surface area (Å²) in [6.45, 7) is 2.78. The van der Waals surface area contributed by atoms with Gasteiger partial charge in [-0.2, -0.15) is 0 Å². The number of carbonyl (C=O) groups is 2. The van der Waals surface area contributed by atoms with Crippen molar-refractivity contribution in [2.45, 2.75) is 57.7 Å². The van der Waals surface area contributed by atoms with E-state index in [1.165, 1.54) is 17.0 Å². The van der Waals surface area contributed by atoms with Crippen LogP contribution in [0.1, 0.15) is 66.0 Å². The van der Waals surface area contributed by atoms with Gasteiger partial charge in [0.1, 0.15) is 23.7 Å². The predicted molar refractivity (Wildman–Crippen MR) is 148 cm³/mol. The smallest absolute Gasteiger partial charge is 0.314 e. The molecule has 3 amide bonds. The lowest BCUT2D eigenvalue weighted by atomic mass is 10.1. The third-order valence-corrected chi connectivity index (χ3v) is 7.97. The number of hydrogen-bond acceptors (Lipinski definition) is 6. The maximum atomic E-state index is 15.6. The van der Waals surface area contributed by atoms with Gasteiger partial charge in [0.05, 0.1) is 55.1 Å². The summed E-state index contributed by atoms with van der Waals surface area (Å²) in [6.07, 6.45) is 5.13. The Balaban J connectivity index is 1.21. The van der Waals surface area contributed by atoms with Gasteiger partial charge >= 0.3 is 6.03 Å². The minimum atomic E-state index is -2.91. The molecule has 2 fully saturated rings. The third-order valence-electron chi connectivity index (χ3n) is 7.97. The number of pyridine rings is 1. The quantitative estimate of drug-likeness (QED) is 0.358. The van der Waals surface area contributed by atoms with Crippen LogP contribution >= 0.6 is 0 Å². The summed E-state index contributed by atoms with van der Waals surface area (Å²) in [4.78, 5) is 38.2. The van der Waals surface area contributed by atoms with E-state index < -0.39 is 36.8 Å². The summed E-state index contributed by atoms with van der Waals surface area (Å²) in [6, 6.07) is 7.25. The molecule has 5 heterocycles. The monoisotopic (exact) mass is 591 g/mol. The molecule has 11 nitrogen and oxygen atoms in total. The van der Waals surface area contributed by atoms with E-state index in [1.54, 1.807) is 35.4 Å². The number of hydrogen-bond donors (Lipinski definition) is 1. The number of nitrogens with zero attached hydrogens (tertiary/aromatic N) is 8. The largest absolute Gasteiger partial charge is 0.321 e. The van der Waals surface area contributed by atoms with Gasteiger partial charge in [0.15, 0.2) is 5.82 Å². The van der Waals surface area contributed by atoms with Crippen LogP contribution < -0.4 is 5.32 Å². The number of carbonyl (C=O) groups excluding carboxylic acids is 2. The lowest BCUT2D eigenvalue weighted by molar-refractivity contribution is -0.114. The number of nitrogens with one attached hydrogen (secondary N) is 1. The highest BCUT2D eigenvalue weighted by Gasteiger charge is 2.48. The number of fused-ring (bicyclic) bond motifs is 3. The Morgan fingerprint density at radius 1 is 1.07 bits per heavy atom. The molecule has 4 aromatic rings. The minimum absolute atomic E-state index is 0.0129. The Hall–Kier alpha value is -4.75. The number of rotatable bonds is 5. The van der Waals surface area contributed by atoms with Gasteiger partial charge in [-0.25, -0.2) is 27.9 Å². The lowest BCUT2D eigenvalue weighted by Gasteiger charge is -2.41. The van der Waals surface area contributed by atoms with Crippen molar-refractivity contribution >= 4 is 17.8 Å². The van der Waals surface area contributed by atoms with Crippen LogP contribution in [-0.2, 0) is 13.1 Å². The molecule has 0 atom stereocenters. The molecule has 1 aliphatic carbocycles. The van der Waals surface area contributed by atoms with E-state index in [-0.39, 0.29) is 36.4 Å². The predicted octanol–water partition coefficient (Wildman–Crippen LogP) is 4.76. The molecule has 2 aliphatic heterocycles. The normalized spacial score (nSPS) is 17.3. The van der Waals surface area contributed by atoms with Crippen molar-refractivity contribution < 1.29 is 22.8 Å². The van der Waals surface area contributed by atoms with E-state index in [1.807, 2.05) is 18.4 Å². The summed E-state index contributed by atoms with van der Waals surface area (Å²) < 4.78 is 46.3. The second-order valence-electron chi connectivity index (χ2n) is 11.5. The molecule has 3 aliphatic rings. The molecule has 0 unspecified atom stereocenters. The minimum Gasteiger partial charge on any atom is -0.314 e. The average molecular weight is 592 g/mol. The number of aromatic nitrogens is 6. The Labute approximate surface area is 244 Å². The molecule has 1 aromatic carbocycles. The highest BCUT2D eigenvalue weighted by atomic mass is 19.3. The van der Waals surface area contributed by atoms with Crippen LogP contribution in [0.4, 0.5) is 23.8 Å². The van der Waals surface area contributed by atoms with Crippen LogP contribution in [0, 0.1) is 5.82 Å². The Morgan fingerprint density at radius 3 is 2.58 bits per heavy atom. The summed E-state index contributed by atoms with van der Waals surface area (Å²) in [7, 11) is 0. The number of anilines is 1. The number of alkyl halides is 2. The molecule has 0 radical (unpaired) electrons. The lowest BCUT2D eigenvalue weighted by Crippen LogP contribution is -2.61. The van der Waals surface area contributed by atoms with Gasteiger partial charge in [0.2, 0.25) is 0 Å². The zero-order chi connectivity index (χ0) is 30.0. The molecule has 7 rings (SSSR count). The first-order valence-electron chi connectivity index (χ1n) is 14.1. The number of urea groups is 1. The maximum Gasteiger partial charge on any atom is 0.321 e. The number of imidazole rings is 1. The Bertz CT molecular complexity index is 1750. The molecule has 1 saturated carbocycles. The van der Waals surface area contributed by atoms with Gasteiger partial charge in [-0.3, -0.25) is 4.79 Å². The molecule has 222 valence electrons. The van der Waals surface area contributed by atoms with Crippen molar-refractivity contribution in [1.82, 2.24) is 39.1 Å². The Kier molecular flexibility index (Phi) is 6.25. The van der Waals surface area contributed by atoms with Gasteiger partial charge in [0, 0.05) is 12.0 Å². The molecule has 1 saturated heterocycles. The van der Waals surface area contributed by atoms with Crippen molar-refractivity contribution in [1.29, 1.82) is 0 Å². The van der Waals surface area contributed by atoms with E-state index in [2.05, 4.69) is 25.5 Å². The van der Waals surface area contributed by atoms with Crippen molar-refractivity contribution in [3.05, 3.63) is 71.3 Å². The van der Waals surface area contributed by atoms with Gasteiger partial charge in [0.25, 0.3) is 11.8 Å². The molecule has 43 heavy (non-hydrogen) atoms. The summed E-state index contributed by atoms with van der Waals surface area (Å²) >= 11 is 0. The standard InChI is InChI=1S/C29H28F3N9O2/c1-16(2)40-15-34-37-26(40)21-4-3-5-24(35-21)36-27(42)19-9-22-18(8-20(19)30)10-38(28(43)39-12-29(31,32)13-39)11-23-25(17-6-7-17)33-14-41(22)23/h3-5,8-9,14-17H,6-7,10-13H2,1-2H3,(H,35,36,42). The first-order chi connectivity index (χ1) is 20.6. The highest BCUT2D eigenvalue weighted by molar-refractivity contribution is 6.04. The fourth-order valence-electron chi connectivity index (χ4n) is 5.62. The van der Waals surface area contributed by atoms with E-state index in [4.69, 9.17) is 0 Å². The summed E-state index contributed by atoms with van der Waals surface area (Å²) in [5.74, 6) is -3.43. The van der Waals surface area contributed by atoms with Gasteiger partial charge < -0.3 is 24.3 Å². The van der Waals surface area contributed by atoms with Crippen molar-refractivity contribution in [2.24, 2.45) is 0 Å². The first-order valence-corrected chi connectivity index (χ1v) is 14.1. The summed E-state index contributed by atoms with van der Waals surface area (Å²) in [5, 5.41) is 10.8. The maximum absolute atomic E-state index is 15.6. The van der Waals surface area contributed by atoms with E-state index in [0.717, 1.165) is 29.1 Å². The van der Waals surface area contributed by atoms with Crippen molar-refractivity contribution in [3.63, 3.8) is 0 Å². The van der Waals surface area contributed by atoms with Gasteiger partial charge in [-0.15, -0.1) is 10.2 Å². The second kappa shape index (κ2) is 9.92. The van der Waals surface area contributed by atoms with Crippen LogP contribution in [0.25, 0.3) is 17.2 Å². The second-order valence-corrected chi connectivity index (χ2v) is 11.5. The summed E-state index contributed by atoms with van der Waals surface area (Å²) in [5.41, 5.74) is 2.75. The fraction of sp³-hybridized carbons (Fsp3) is 0.379. The molecule has 0 spiro atoms. The molecule has 1 N–H and O–H groups in total. The number of likely N-dealkylation sites (tertiary alicyclic amines) is 1. The van der Waals surface area contributed by atoms with Crippen molar-refractivity contribution in [2.75, 3.05) is 18.4 Å². The van der Waals surface area contributed by atoms with Gasteiger partial charge in [-0.1, -0.05) is 6.07 Å². The molecule has 3 aromatic heterocycles. The highest BCUT2D eigenvalue weighted by Crippen LogP contribution is 2.43. The number of halogens is 3. The van der Waals surface area contributed by atoms with Crippen molar-refractivity contribution in [3.8, 4) is 17.2 Å². The van der Waals surface area contributed by atoms with Crippen LogP contribution in [0.5, 0.6) is 0 Å². The number of amides is 3. The van der Waals surface area contributed by atoms with Crippen LogP contribution in [0.3, 0.4) is 0 Å². The molecular formula is C29H28F3N9O2. The van der Waals surface area contributed by atoms with Crippen LogP contribution in [0.15, 0.2) is 43.0 Å². The topological polar surface area (TPSA) is 114 Å². The van der Waals surface area contributed by atoms with E-state index >= 15 is 4.39 Å². The zero-order valence-corrected chi connectivity index (χ0v) is 23.5. The van der Waals surface area contributed by atoms with E-state index in [0.29, 0.717) is 22.8 Å². The van der Waals surface area contributed by atoms with Gasteiger partial charge in [-0.05, 0) is 56.5 Å². The molecule has 14 heteroatoms. The first kappa shape index (κ1) is 27.1. The van der Waals surface area contributed by atoms with Crippen LogP contribution in [0.2, 0.25) is 0 Å². The molecular weight excluding hydrogens is 563 g/mol. The van der Waals surface area contributed by atoms with Crippen LogP contribution in [-0.4, -0.2) is 70.0 Å². The Morgan fingerprint density at radius 2 is 1.86 bits per heavy atom. The third kappa shape index (κ3) is 4.89.